The molecule has 1 N–H and O–H groups in total. The van der Waals surface area contributed by atoms with Gasteiger partial charge in [-0.3, -0.25) is 0 Å². The lowest BCUT2D eigenvalue weighted by atomic mass is 9.69. The van der Waals surface area contributed by atoms with E-state index in [1.807, 2.05) is 0 Å². The molecule has 2 aliphatic carbocycles. The molecular formula is C22H33NO4S. The number of nitrogens with one attached hydrogen (secondary N) is 1. The summed E-state index contributed by atoms with van der Waals surface area (Å²) in [7, 11) is -3.24. The molecule has 0 spiro atoms. The first-order valence-electron chi connectivity index (χ1n) is 10.7. The number of fused-ring (bicyclic) bond motifs is 4. The lowest BCUT2D eigenvalue weighted by Gasteiger charge is -2.42. The zero-order chi connectivity index (χ0) is 19.8. The topological polar surface area (TPSA) is 64.6 Å². The van der Waals surface area contributed by atoms with Crippen LogP contribution in [0.25, 0.3) is 0 Å². The summed E-state index contributed by atoms with van der Waals surface area (Å²) in [6, 6.07) is 8.41. The molecule has 5 rings (SSSR count). The highest BCUT2D eigenvalue weighted by molar-refractivity contribution is 7.88. The van der Waals surface area contributed by atoms with Crippen molar-refractivity contribution < 1.29 is 17.9 Å². The number of rotatable bonds is 2. The van der Waals surface area contributed by atoms with Crippen molar-refractivity contribution in [3.05, 3.63) is 29.8 Å². The SMILES string of the molecule is CC12CCC(CC1)OC[C@@H]1C(CCC[C@@H]1NS(C)(=O)=O)COc1ccccc12. The van der Waals surface area contributed by atoms with E-state index in [4.69, 9.17) is 9.47 Å². The van der Waals surface area contributed by atoms with Crippen LogP contribution < -0.4 is 9.46 Å². The molecule has 2 heterocycles. The summed E-state index contributed by atoms with van der Waals surface area (Å²) in [6.07, 6.45) is 8.76. The standard InChI is InChI=1S/C22H33NO4S/c1-22-12-10-17(11-13-22)26-15-18-16(6-5-8-20(18)23-28(2,24)25)14-27-21-9-4-3-7-19(21)22/h3-4,7,9,16-18,20,23H,5-6,8,10-15H2,1-2H3/t16?,17?,18-,20+,22?/m1/s1. The molecule has 0 radical (unpaired) electrons. The molecule has 2 aliphatic heterocycles. The van der Waals surface area contributed by atoms with Crippen LogP contribution in [0.5, 0.6) is 5.75 Å². The summed E-state index contributed by atoms with van der Waals surface area (Å²) >= 11 is 0. The Morgan fingerprint density at radius 1 is 1.07 bits per heavy atom. The second-order valence-electron chi connectivity index (χ2n) is 9.25. The van der Waals surface area contributed by atoms with Crippen molar-refractivity contribution in [2.24, 2.45) is 11.8 Å². The third-order valence-electron chi connectivity index (χ3n) is 7.13. The van der Waals surface area contributed by atoms with Crippen molar-refractivity contribution in [2.45, 2.75) is 69.4 Å². The summed E-state index contributed by atoms with van der Waals surface area (Å²) in [6.45, 7) is 3.59. The highest BCUT2D eigenvalue weighted by Gasteiger charge is 2.39. The molecule has 5 nitrogen and oxygen atoms in total. The van der Waals surface area contributed by atoms with E-state index in [0.717, 1.165) is 50.7 Å². The van der Waals surface area contributed by atoms with Crippen LogP contribution >= 0.6 is 0 Å². The Labute approximate surface area is 169 Å². The van der Waals surface area contributed by atoms with Crippen molar-refractivity contribution in [1.82, 2.24) is 4.72 Å². The summed E-state index contributed by atoms with van der Waals surface area (Å²) in [5.41, 5.74) is 1.45. The van der Waals surface area contributed by atoms with E-state index in [-0.39, 0.29) is 23.5 Å². The maximum Gasteiger partial charge on any atom is 0.208 e. The van der Waals surface area contributed by atoms with Gasteiger partial charge in [-0.2, -0.15) is 0 Å². The largest absolute Gasteiger partial charge is 0.493 e. The van der Waals surface area contributed by atoms with Gasteiger partial charge in [0.2, 0.25) is 10.0 Å². The van der Waals surface area contributed by atoms with Crippen molar-refractivity contribution in [3.63, 3.8) is 0 Å². The third kappa shape index (κ3) is 4.39. The van der Waals surface area contributed by atoms with Gasteiger partial charge in [0, 0.05) is 17.5 Å². The molecule has 2 saturated carbocycles. The molecule has 0 aromatic heterocycles. The molecule has 4 aliphatic rings. The van der Waals surface area contributed by atoms with E-state index in [0.29, 0.717) is 19.1 Å². The zero-order valence-corrected chi connectivity index (χ0v) is 17.8. The van der Waals surface area contributed by atoms with Crippen LogP contribution in [0.4, 0.5) is 0 Å². The molecule has 0 amide bonds. The Balaban J connectivity index is 1.63. The zero-order valence-electron chi connectivity index (χ0n) is 17.0. The molecule has 2 fully saturated rings. The maximum atomic E-state index is 11.9. The smallest absolute Gasteiger partial charge is 0.208 e. The van der Waals surface area contributed by atoms with Crippen molar-refractivity contribution in [3.8, 4) is 5.75 Å². The highest BCUT2D eigenvalue weighted by Crippen LogP contribution is 2.44. The molecule has 1 aromatic carbocycles. The Morgan fingerprint density at radius 3 is 2.57 bits per heavy atom. The van der Waals surface area contributed by atoms with Crippen LogP contribution in [0.2, 0.25) is 0 Å². The minimum atomic E-state index is -3.24. The Morgan fingerprint density at radius 2 is 1.82 bits per heavy atom. The predicted molar refractivity (Wildman–Crippen MR) is 110 cm³/mol. The van der Waals surface area contributed by atoms with E-state index < -0.39 is 10.0 Å². The van der Waals surface area contributed by atoms with Crippen molar-refractivity contribution >= 4 is 10.0 Å². The van der Waals surface area contributed by atoms with Gasteiger partial charge in [-0.25, -0.2) is 13.1 Å². The van der Waals surface area contributed by atoms with E-state index in [2.05, 4.69) is 35.9 Å². The quantitative estimate of drug-likeness (QED) is 0.813. The highest BCUT2D eigenvalue weighted by atomic mass is 32.2. The minimum absolute atomic E-state index is 0.0654. The lowest BCUT2D eigenvalue weighted by Crippen LogP contribution is -2.49. The molecule has 28 heavy (non-hydrogen) atoms. The van der Waals surface area contributed by atoms with Gasteiger partial charge in [0.25, 0.3) is 0 Å². The van der Waals surface area contributed by atoms with Gasteiger partial charge in [0.1, 0.15) is 5.75 Å². The van der Waals surface area contributed by atoms with Crippen LogP contribution in [0.3, 0.4) is 0 Å². The normalized spacial score (nSPS) is 36.4. The second kappa shape index (κ2) is 7.96. The third-order valence-corrected chi connectivity index (χ3v) is 7.86. The summed E-state index contributed by atoms with van der Waals surface area (Å²) in [5.74, 6) is 1.46. The Kier molecular flexibility index (Phi) is 5.73. The predicted octanol–water partition coefficient (Wildman–Crippen LogP) is 3.63. The molecule has 1 aromatic rings. The number of hydrogen-bond donors (Lipinski definition) is 1. The van der Waals surface area contributed by atoms with Crippen LogP contribution in [0.1, 0.15) is 57.4 Å². The second-order valence-corrected chi connectivity index (χ2v) is 11.0. The average molecular weight is 408 g/mol. The summed E-state index contributed by atoms with van der Waals surface area (Å²) in [5, 5.41) is 0. The first-order valence-corrected chi connectivity index (χ1v) is 12.5. The van der Waals surface area contributed by atoms with Crippen LogP contribution in [0, 0.1) is 11.8 Å². The Bertz CT molecular complexity index is 785. The maximum absolute atomic E-state index is 11.9. The van der Waals surface area contributed by atoms with Crippen LogP contribution in [0.15, 0.2) is 24.3 Å². The number of sulfonamides is 1. The van der Waals surface area contributed by atoms with Gasteiger partial charge in [-0.15, -0.1) is 0 Å². The molecule has 2 bridgehead atoms. The van der Waals surface area contributed by atoms with Gasteiger partial charge >= 0.3 is 0 Å². The molecule has 0 saturated heterocycles. The summed E-state index contributed by atoms with van der Waals surface area (Å²) < 4.78 is 39.4. The van der Waals surface area contributed by atoms with Gasteiger partial charge in [-0.1, -0.05) is 31.5 Å². The number of ether oxygens (including phenoxy) is 2. The summed E-state index contributed by atoms with van der Waals surface area (Å²) in [4.78, 5) is 0. The average Bonchev–Trinajstić information content (AvgIpc) is 2.65. The van der Waals surface area contributed by atoms with E-state index in [1.165, 1.54) is 11.8 Å². The van der Waals surface area contributed by atoms with Gasteiger partial charge < -0.3 is 9.47 Å². The molecule has 1 unspecified atom stereocenters. The van der Waals surface area contributed by atoms with E-state index in [1.54, 1.807) is 0 Å². The lowest BCUT2D eigenvalue weighted by molar-refractivity contribution is -0.0361. The van der Waals surface area contributed by atoms with E-state index >= 15 is 0 Å². The van der Waals surface area contributed by atoms with Crippen molar-refractivity contribution in [2.75, 3.05) is 19.5 Å². The van der Waals surface area contributed by atoms with Gasteiger partial charge in [0.05, 0.1) is 25.6 Å². The van der Waals surface area contributed by atoms with E-state index in [9.17, 15) is 8.42 Å². The fourth-order valence-electron chi connectivity index (χ4n) is 5.44. The molecule has 156 valence electrons. The number of benzene rings is 1. The van der Waals surface area contributed by atoms with Crippen molar-refractivity contribution in [1.29, 1.82) is 0 Å². The van der Waals surface area contributed by atoms with Crippen LogP contribution in [-0.2, 0) is 20.2 Å². The molecular weight excluding hydrogens is 374 g/mol. The monoisotopic (exact) mass is 407 g/mol. The van der Waals surface area contributed by atoms with Gasteiger partial charge in [0.15, 0.2) is 0 Å². The Hall–Kier alpha value is -1.11. The van der Waals surface area contributed by atoms with Gasteiger partial charge in [-0.05, 0) is 55.9 Å². The first kappa shape index (κ1) is 20.2. The fraction of sp³-hybridized carbons (Fsp3) is 0.727. The number of hydrogen-bond acceptors (Lipinski definition) is 4. The number of para-hydroxylation sites is 1. The van der Waals surface area contributed by atoms with Crippen LogP contribution in [-0.4, -0.2) is 40.0 Å². The molecule has 3 atom stereocenters. The fourth-order valence-corrected chi connectivity index (χ4v) is 6.28. The first-order chi connectivity index (χ1) is 13.3. The minimum Gasteiger partial charge on any atom is -0.493 e. The molecule has 6 heteroatoms.